The predicted octanol–water partition coefficient (Wildman–Crippen LogP) is 1.72. The minimum Gasteiger partial charge on any atom is -0.330 e. The topological polar surface area (TPSA) is 26.0 Å². The Morgan fingerprint density at radius 3 is 2.55 bits per heavy atom. The molecule has 2 heteroatoms. The summed E-state index contributed by atoms with van der Waals surface area (Å²) in [5, 5.41) is 0. The van der Waals surface area contributed by atoms with Crippen LogP contribution in [0.3, 0.4) is 0 Å². The van der Waals surface area contributed by atoms with Crippen LogP contribution in [0, 0.1) is 17.8 Å². The van der Waals surface area contributed by atoms with Gasteiger partial charge in [0, 0.05) is 0 Å². The highest BCUT2D eigenvalue weighted by Crippen LogP contribution is 2.47. The summed E-state index contributed by atoms with van der Waals surface area (Å²) in [4.78, 5) is 0. The van der Waals surface area contributed by atoms with E-state index < -0.39 is 0 Å². The average molecular weight is 171 g/mol. The molecule has 2 aliphatic rings. The first-order valence-corrected chi connectivity index (χ1v) is 5.85. The monoisotopic (exact) mass is 171 g/mol. The Bertz CT molecular complexity index is 132. The van der Waals surface area contributed by atoms with Gasteiger partial charge in [-0.1, -0.05) is 0 Å². The molecule has 0 aromatic rings. The van der Waals surface area contributed by atoms with E-state index in [4.69, 9.17) is 5.73 Å². The highest BCUT2D eigenvalue weighted by Gasteiger charge is 2.41. The van der Waals surface area contributed by atoms with Gasteiger partial charge >= 0.3 is 0 Å². The number of rotatable bonds is 2. The van der Waals surface area contributed by atoms with Crippen LogP contribution in [-0.4, -0.2) is 18.1 Å². The van der Waals surface area contributed by atoms with Crippen molar-refractivity contribution < 1.29 is 0 Å². The summed E-state index contributed by atoms with van der Waals surface area (Å²) in [6.45, 7) is 0.939. The Morgan fingerprint density at radius 1 is 1.27 bits per heavy atom. The highest BCUT2D eigenvalue weighted by atomic mass is 32.2. The van der Waals surface area contributed by atoms with Crippen molar-refractivity contribution in [2.24, 2.45) is 23.5 Å². The van der Waals surface area contributed by atoms with Crippen LogP contribution in [0.15, 0.2) is 0 Å². The van der Waals surface area contributed by atoms with Crippen molar-refractivity contribution in [1.82, 2.24) is 0 Å². The van der Waals surface area contributed by atoms with Gasteiger partial charge in [-0.25, -0.2) is 0 Å². The maximum absolute atomic E-state index is 5.63. The molecule has 1 aliphatic carbocycles. The van der Waals surface area contributed by atoms with Crippen LogP contribution in [0.25, 0.3) is 0 Å². The Kier molecular flexibility index (Phi) is 2.42. The summed E-state index contributed by atoms with van der Waals surface area (Å²) in [6.07, 6.45) is 4.36. The first kappa shape index (κ1) is 7.93. The molecule has 0 aromatic carbocycles. The number of nitrogens with two attached hydrogens (primary N) is 1. The SMILES string of the molecule is NCC1CC1C1CCSCC1. The van der Waals surface area contributed by atoms with Crippen molar-refractivity contribution >= 4 is 11.8 Å². The van der Waals surface area contributed by atoms with Crippen LogP contribution in [0.5, 0.6) is 0 Å². The predicted molar refractivity (Wildman–Crippen MR) is 50.7 cm³/mol. The summed E-state index contributed by atoms with van der Waals surface area (Å²) < 4.78 is 0. The van der Waals surface area contributed by atoms with Crippen molar-refractivity contribution in [1.29, 1.82) is 0 Å². The third-order valence-corrected chi connectivity index (χ3v) is 4.20. The fraction of sp³-hybridized carbons (Fsp3) is 1.00. The van der Waals surface area contributed by atoms with Gasteiger partial charge in [-0.3, -0.25) is 0 Å². The van der Waals surface area contributed by atoms with Gasteiger partial charge in [0.25, 0.3) is 0 Å². The zero-order chi connectivity index (χ0) is 7.68. The molecule has 1 nitrogen and oxygen atoms in total. The van der Waals surface area contributed by atoms with Gasteiger partial charge in [-0.15, -0.1) is 0 Å². The smallest absolute Gasteiger partial charge is 0.00460 e. The molecule has 64 valence electrons. The van der Waals surface area contributed by atoms with Crippen LogP contribution in [0.4, 0.5) is 0 Å². The summed E-state index contributed by atoms with van der Waals surface area (Å²) in [5.41, 5.74) is 5.63. The molecule has 2 N–H and O–H groups in total. The van der Waals surface area contributed by atoms with Crippen molar-refractivity contribution in [3.63, 3.8) is 0 Å². The molecular formula is C9H17NS. The van der Waals surface area contributed by atoms with E-state index in [0.717, 1.165) is 24.3 Å². The van der Waals surface area contributed by atoms with Crippen molar-refractivity contribution in [3.05, 3.63) is 0 Å². The van der Waals surface area contributed by atoms with Crippen LogP contribution in [0.1, 0.15) is 19.3 Å². The van der Waals surface area contributed by atoms with Crippen LogP contribution in [0.2, 0.25) is 0 Å². The van der Waals surface area contributed by atoms with Crippen molar-refractivity contribution in [2.75, 3.05) is 18.1 Å². The van der Waals surface area contributed by atoms with Gasteiger partial charge in [-0.05, 0) is 55.1 Å². The van der Waals surface area contributed by atoms with E-state index in [2.05, 4.69) is 11.8 Å². The Morgan fingerprint density at radius 2 is 2.00 bits per heavy atom. The standard InChI is InChI=1S/C9H17NS/c10-6-8-5-9(8)7-1-3-11-4-2-7/h7-9H,1-6,10H2. The van der Waals surface area contributed by atoms with Crippen molar-refractivity contribution in [2.45, 2.75) is 19.3 Å². The Hall–Kier alpha value is 0.310. The fourth-order valence-electron chi connectivity index (χ4n) is 2.26. The van der Waals surface area contributed by atoms with E-state index in [1.165, 1.54) is 30.8 Å². The van der Waals surface area contributed by atoms with Gasteiger partial charge < -0.3 is 5.73 Å². The van der Waals surface area contributed by atoms with Crippen molar-refractivity contribution in [3.8, 4) is 0 Å². The third-order valence-electron chi connectivity index (χ3n) is 3.15. The Labute approximate surface area is 73.1 Å². The molecule has 0 spiro atoms. The minimum absolute atomic E-state index is 0.906. The lowest BCUT2D eigenvalue weighted by molar-refractivity contribution is 0.408. The van der Waals surface area contributed by atoms with Crippen LogP contribution < -0.4 is 5.73 Å². The first-order chi connectivity index (χ1) is 5.42. The number of hydrogen-bond donors (Lipinski definition) is 1. The van der Waals surface area contributed by atoms with Gasteiger partial charge in [0.1, 0.15) is 0 Å². The maximum Gasteiger partial charge on any atom is -0.00460 e. The summed E-state index contributed by atoms with van der Waals surface area (Å²) >= 11 is 2.12. The van der Waals surface area contributed by atoms with E-state index in [9.17, 15) is 0 Å². The molecule has 1 aliphatic heterocycles. The third kappa shape index (κ3) is 1.73. The molecule has 0 bridgehead atoms. The van der Waals surface area contributed by atoms with E-state index in [-0.39, 0.29) is 0 Å². The minimum atomic E-state index is 0.906. The van der Waals surface area contributed by atoms with Gasteiger partial charge in [0.15, 0.2) is 0 Å². The molecule has 2 atom stereocenters. The highest BCUT2D eigenvalue weighted by molar-refractivity contribution is 7.99. The zero-order valence-electron chi connectivity index (χ0n) is 6.96. The van der Waals surface area contributed by atoms with Gasteiger partial charge in [0.2, 0.25) is 0 Å². The van der Waals surface area contributed by atoms with E-state index in [1.807, 2.05) is 0 Å². The largest absolute Gasteiger partial charge is 0.330 e. The quantitative estimate of drug-likeness (QED) is 0.684. The first-order valence-electron chi connectivity index (χ1n) is 4.69. The summed E-state index contributed by atoms with van der Waals surface area (Å²) in [5.74, 6) is 5.78. The molecule has 2 fully saturated rings. The molecule has 11 heavy (non-hydrogen) atoms. The normalized spacial score (nSPS) is 39.0. The molecule has 1 saturated carbocycles. The van der Waals surface area contributed by atoms with E-state index >= 15 is 0 Å². The lowest BCUT2D eigenvalue weighted by Gasteiger charge is -2.21. The second-order valence-corrected chi connectivity index (χ2v) is 5.07. The molecule has 0 radical (unpaired) electrons. The second-order valence-electron chi connectivity index (χ2n) is 3.85. The summed E-state index contributed by atoms with van der Waals surface area (Å²) in [7, 11) is 0. The van der Waals surface area contributed by atoms with Crippen LogP contribution >= 0.6 is 11.8 Å². The lowest BCUT2D eigenvalue weighted by Crippen LogP contribution is -2.14. The van der Waals surface area contributed by atoms with Gasteiger partial charge in [-0.2, -0.15) is 11.8 Å². The molecule has 1 heterocycles. The fourth-order valence-corrected chi connectivity index (χ4v) is 3.41. The summed E-state index contributed by atoms with van der Waals surface area (Å²) in [6, 6.07) is 0. The van der Waals surface area contributed by atoms with Crippen LogP contribution in [-0.2, 0) is 0 Å². The molecule has 0 amide bonds. The van der Waals surface area contributed by atoms with Gasteiger partial charge in [0.05, 0.1) is 0 Å². The average Bonchev–Trinajstić information content (AvgIpc) is 2.85. The zero-order valence-corrected chi connectivity index (χ0v) is 7.78. The molecule has 1 saturated heterocycles. The molecular weight excluding hydrogens is 154 g/mol. The Balaban J connectivity index is 1.77. The molecule has 2 rings (SSSR count). The van der Waals surface area contributed by atoms with E-state index in [1.54, 1.807) is 0 Å². The number of thioether (sulfide) groups is 1. The number of hydrogen-bond acceptors (Lipinski definition) is 2. The molecule has 2 unspecified atom stereocenters. The van der Waals surface area contributed by atoms with E-state index in [0.29, 0.717) is 0 Å². The lowest BCUT2D eigenvalue weighted by atomic mass is 9.96. The second kappa shape index (κ2) is 3.36. The maximum atomic E-state index is 5.63. The molecule has 0 aromatic heterocycles.